The number of hydrogen-bond acceptors (Lipinski definition) is 3. The fourth-order valence-corrected chi connectivity index (χ4v) is 2.17. The van der Waals surface area contributed by atoms with Crippen molar-refractivity contribution in [2.24, 2.45) is 7.05 Å². The van der Waals surface area contributed by atoms with Crippen LogP contribution in [0.1, 0.15) is 5.82 Å². The normalized spacial score (nSPS) is 10.5. The number of halogens is 2. The Morgan fingerprint density at radius 2 is 2.29 bits per heavy atom. The van der Waals surface area contributed by atoms with E-state index in [1.807, 2.05) is 23.9 Å². The highest BCUT2D eigenvalue weighted by atomic mass is 79.9. The van der Waals surface area contributed by atoms with Crippen molar-refractivity contribution in [2.75, 3.05) is 11.9 Å². The molecule has 0 unspecified atom stereocenters. The molecule has 2 aromatic heterocycles. The van der Waals surface area contributed by atoms with Crippen molar-refractivity contribution in [2.45, 2.75) is 6.42 Å². The summed E-state index contributed by atoms with van der Waals surface area (Å²) in [5.74, 6) is 1.73. The molecule has 0 saturated carbocycles. The summed E-state index contributed by atoms with van der Waals surface area (Å²) in [5.41, 5.74) is 0. The number of imidazole rings is 1. The monoisotopic (exact) mass is 314 g/mol. The number of aryl methyl sites for hydroxylation is 1. The molecule has 0 amide bonds. The van der Waals surface area contributed by atoms with E-state index in [0.29, 0.717) is 10.8 Å². The van der Waals surface area contributed by atoms with Crippen LogP contribution in [-0.2, 0) is 13.5 Å². The van der Waals surface area contributed by atoms with E-state index in [4.69, 9.17) is 11.6 Å². The molecular formula is C11H12BrClN4. The zero-order valence-corrected chi connectivity index (χ0v) is 11.7. The van der Waals surface area contributed by atoms with Gasteiger partial charge in [-0.25, -0.2) is 9.97 Å². The van der Waals surface area contributed by atoms with Crippen LogP contribution in [0.5, 0.6) is 0 Å². The molecule has 1 N–H and O–H groups in total. The third kappa shape index (κ3) is 3.20. The molecule has 2 rings (SSSR count). The maximum Gasteiger partial charge on any atom is 0.144 e. The van der Waals surface area contributed by atoms with Crippen molar-refractivity contribution in [1.82, 2.24) is 14.5 Å². The number of aromatic nitrogens is 3. The lowest BCUT2D eigenvalue weighted by atomic mass is 10.4. The topological polar surface area (TPSA) is 42.7 Å². The average Bonchev–Trinajstić information content (AvgIpc) is 2.68. The van der Waals surface area contributed by atoms with Gasteiger partial charge in [0.1, 0.15) is 11.6 Å². The summed E-state index contributed by atoms with van der Waals surface area (Å²) in [5, 5.41) is 3.80. The van der Waals surface area contributed by atoms with Crippen LogP contribution in [0.2, 0.25) is 5.02 Å². The molecule has 0 atom stereocenters. The van der Waals surface area contributed by atoms with Gasteiger partial charge in [-0.1, -0.05) is 11.6 Å². The second kappa shape index (κ2) is 5.51. The van der Waals surface area contributed by atoms with Crippen molar-refractivity contribution in [3.8, 4) is 0 Å². The van der Waals surface area contributed by atoms with E-state index >= 15 is 0 Å². The number of rotatable bonds is 4. The van der Waals surface area contributed by atoms with Crippen LogP contribution >= 0.6 is 27.5 Å². The molecule has 2 aromatic rings. The van der Waals surface area contributed by atoms with Crippen molar-refractivity contribution in [3.05, 3.63) is 40.0 Å². The molecule has 0 aliphatic rings. The molecule has 0 fully saturated rings. The van der Waals surface area contributed by atoms with Crippen LogP contribution < -0.4 is 5.32 Å². The SMILES string of the molecule is Cn1ccnc1CCNc1ncc(Br)cc1Cl. The predicted octanol–water partition coefficient (Wildman–Crippen LogP) is 2.89. The fourth-order valence-electron chi connectivity index (χ4n) is 1.47. The first-order valence-corrected chi connectivity index (χ1v) is 6.35. The van der Waals surface area contributed by atoms with E-state index in [1.54, 1.807) is 12.4 Å². The predicted molar refractivity (Wildman–Crippen MR) is 72.3 cm³/mol. The highest BCUT2D eigenvalue weighted by Crippen LogP contribution is 2.22. The summed E-state index contributed by atoms with van der Waals surface area (Å²) in [4.78, 5) is 8.45. The summed E-state index contributed by atoms with van der Waals surface area (Å²) in [6.07, 6.45) is 6.27. The van der Waals surface area contributed by atoms with Gasteiger partial charge in [-0.15, -0.1) is 0 Å². The van der Waals surface area contributed by atoms with E-state index in [0.717, 1.165) is 23.3 Å². The van der Waals surface area contributed by atoms with Gasteiger partial charge in [0, 0.05) is 43.1 Å². The van der Waals surface area contributed by atoms with E-state index in [2.05, 4.69) is 31.2 Å². The molecule has 17 heavy (non-hydrogen) atoms. The summed E-state index contributed by atoms with van der Waals surface area (Å²) in [6.45, 7) is 0.749. The zero-order chi connectivity index (χ0) is 12.3. The Kier molecular flexibility index (Phi) is 4.02. The van der Waals surface area contributed by atoms with Gasteiger partial charge in [-0.2, -0.15) is 0 Å². The first kappa shape index (κ1) is 12.4. The van der Waals surface area contributed by atoms with E-state index in [1.165, 1.54) is 0 Å². The summed E-state index contributed by atoms with van der Waals surface area (Å²) < 4.78 is 2.87. The smallest absolute Gasteiger partial charge is 0.144 e. The Balaban J connectivity index is 1.92. The Morgan fingerprint density at radius 3 is 2.94 bits per heavy atom. The molecule has 2 heterocycles. The van der Waals surface area contributed by atoms with E-state index < -0.39 is 0 Å². The lowest BCUT2D eigenvalue weighted by Gasteiger charge is -2.07. The lowest BCUT2D eigenvalue weighted by Crippen LogP contribution is -2.09. The highest BCUT2D eigenvalue weighted by molar-refractivity contribution is 9.10. The van der Waals surface area contributed by atoms with Crippen LogP contribution in [0.4, 0.5) is 5.82 Å². The Morgan fingerprint density at radius 1 is 1.47 bits per heavy atom. The molecule has 0 radical (unpaired) electrons. The van der Waals surface area contributed by atoms with Gasteiger partial charge in [0.15, 0.2) is 0 Å². The van der Waals surface area contributed by atoms with Gasteiger partial charge < -0.3 is 9.88 Å². The third-order valence-electron chi connectivity index (χ3n) is 2.37. The number of nitrogens with one attached hydrogen (secondary N) is 1. The van der Waals surface area contributed by atoms with Crippen LogP contribution in [0.3, 0.4) is 0 Å². The number of pyridine rings is 1. The number of anilines is 1. The van der Waals surface area contributed by atoms with Crippen LogP contribution in [-0.4, -0.2) is 21.1 Å². The van der Waals surface area contributed by atoms with Crippen molar-refractivity contribution >= 4 is 33.3 Å². The van der Waals surface area contributed by atoms with Crippen molar-refractivity contribution in [3.63, 3.8) is 0 Å². The Labute approximate surface area is 113 Å². The molecule has 0 aromatic carbocycles. The standard InChI is InChI=1S/C11H12BrClN4/c1-17-5-4-14-10(17)2-3-15-11-9(13)6-8(12)7-16-11/h4-7H,2-3H2,1H3,(H,15,16). The maximum absolute atomic E-state index is 6.05. The van der Waals surface area contributed by atoms with Gasteiger partial charge >= 0.3 is 0 Å². The molecule has 0 saturated heterocycles. The van der Waals surface area contributed by atoms with E-state index in [9.17, 15) is 0 Å². The first-order valence-electron chi connectivity index (χ1n) is 5.18. The molecule has 6 heteroatoms. The van der Waals surface area contributed by atoms with Gasteiger partial charge in [-0.05, 0) is 22.0 Å². The molecule has 0 spiro atoms. The lowest BCUT2D eigenvalue weighted by molar-refractivity contribution is 0.788. The second-order valence-electron chi connectivity index (χ2n) is 3.62. The number of nitrogens with zero attached hydrogens (tertiary/aromatic N) is 3. The minimum absolute atomic E-state index is 0.610. The summed E-state index contributed by atoms with van der Waals surface area (Å²) in [7, 11) is 1.98. The largest absolute Gasteiger partial charge is 0.368 e. The Hall–Kier alpha value is -1.07. The van der Waals surface area contributed by atoms with Crippen molar-refractivity contribution < 1.29 is 0 Å². The minimum Gasteiger partial charge on any atom is -0.368 e. The van der Waals surface area contributed by atoms with Gasteiger partial charge in [0.05, 0.1) is 5.02 Å². The zero-order valence-electron chi connectivity index (χ0n) is 9.32. The molecule has 0 aliphatic heterocycles. The fraction of sp³-hybridized carbons (Fsp3) is 0.273. The minimum atomic E-state index is 0.610. The maximum atomic E-state index is 6.05. The molecule has 0 bridgehead atoms. The molecular weight excluding hydrogens is 304 g/mol. The third-order valence-corrected chi connectivity index (χ3v) is 3.09. The molecule has 0 aliphatic carbocycles. The van der Waals surface area contributed by atoms with Gasteiger partial charge in [0.2, 0.25) is 0 Å². The summed E-state index contributed by atoms with van der Waals surface area (Å²) >= 11 is 9.36. The molecule has 90 valence electrons. The van der Waals surface area contributed by atoms with E-state index in [-0.39, 0.29) is 0 Å². The quantitative estimate of drug-likeness (QED) is 0.943. The molecule has 4 nitrogen and oxygen atoms in total. The average molecular weight is 316 g/mol. The van der Waals surface area contributed by atoms with Gasteiger partial charge in [-0.3, -0.25) is 0 Å². The second-order valence-corrected chi connectivity index (χ2v) is 4.94. The Bertz CT molecular complexity index is 512. The first-order chi connectivity index (χ1) is 8.16. The van der Waals surface area contributed by atoms with Crippen LogP contribution in [0.15, 0.2) is 29.1 Å². The summed E-state index contributed by atoms with van der Waals surface area (Å²) in [6, 6.07) is 1.82. The highest BCUT2D eigenvalue weighted by Gasteiger charge is 2.03. The van der Waals surface area contributed by atoms with Crippen LogP contribution in [0.25, 0.3) is 0 Å². The number of hydrogen-bond donors (Lipinski definition) is 1. The van der Waals surface area contributed by atoms with Crippen molar-refractivity contribution in [1.29, 1.82) is 0 Å². The van der Waals surface area contributed by atoms with Gasteiger partial charge in [0.25, 0.3) is 0 Å². The van der Waals surface area contributed by atoms with Crippen LogP contribution in [0, 0.1) is 0 Å².